The van der Waals surface area contributed by atoms with Crippen molar-refractivity contribution in [2.24, 2.45) is 5.10 Å². The Morgan fingerprint density at radius 2 is 1.82 bits per heavy atom. The molecule has 1 unspecified atom stereocenters. The fourth-order valence-corrected chi connectivity index (χ4v) is 4.75. The van der Waals surface area contributed by atoms with E-state index in [2.05, 4.69) is 52.3 Å². The number of ether oxygens (including phenoxy) is 2. The fourth-order valence-electron chi connectivity index (χ4n) is 4.75. The molecule has 0 fully saturated rings. The largest absolute Gasteiger partial charge is 0.493 e. The first-order valence-electron chi connectivity index (χ1n) is 12.7. The molecule has 9 nitrogen and oxygen atoms in total. The summed E-state index contributed by atoms with van der Waals surface area (Å²) < 4.78 is 11.1. The predicted octanol–water partition coefficient (Wildman–Crippen LogP) is 4.69. The summed E-state index contributed by atoms with van der Waals surface area (Å²) >= 11 is 0. The molecule has 40 heavy (non-hydrogen) atoms. The molecule has 202 valence electrons. The number of hydrogen-bond donors (Lipinski definition) is 2. The number of methoxy groups -OCH3 is 2. The van der Waals surface area contributed by atoms with Crippen molar-refractivity contribution in [3.8, 4) is 11.5 Å². The molecular weight excluding hydrogens is 504 g/mol. The Bertz CT molecular complexity index is 1610. The molecule has 2 heterocycles. The van der Waals surface area contributed by atoms with Crippen LogP contribution in [-0.4, -0.2) is 41.2 Å². The van der Waals surface area contributed by atoms with Crippen molar-refractivity contribution in [2.45, 2.75) is 19.4 Å². The van der Waals surface area contributed by atoms with Gasteiger partial charge in [-0.1, -0.05) is 54.1 Å². The number of hydrogen-bond acceptors (Lipinski definition) is 9. The van der Waals surface area contributed by atoms with Gasteiger partial charge in [-0.25, -0.2) is 4.98 Å². The minimum Gasteiger partial charge on any atom is -0.493 e. The molecule has 0 radical (unpaired) electrons. The number of aryl methyl sites for hydroxylation is 1. The van der Waals surface area contributed by atoms with Crippen LogP contribution in [0.15, 0.2) is 84.2 Å². The van der Waals surface area contributed by atoms with Gasteiger partial charge in [0.1, 0.15) is 11.9 Å². The number of fused-ring (bicyclic) bond motifs is 1. The Hall–Kier alpha value is -5.18. The van der Waals surface area contributed by atoms with Crippen LogP contribution in [0.25, 0.3) is 0 Å². The number of anilines is 2. The molecule has 1 aromatic heterocycles. The minimum absolute atomic E-state index is 0.0986. The van der Waals surface area contributed by atoms with E-state index < -0.39 is 0 Å². The van der Waals surface area contributed by atoms with Crippen molar-refractivity contribution in [2.75, 3.05) is 25.7 Å². The molecular formula is C31H30N6O3. The normalized spacial score (nSPS) is 14.3. The smallest absolute Gasteiger partial charge is 0.221 e. The van der Waals surface area contributed by atoms with E-state index in [1.165, 1.54) is 25.9 Å². The number of allylic oxidation sites excluding steroid dienone is 1. The van der Waals surface area contributed by atoms with Gasteiger partial charge in [0.05, 0.1) is 26.0 Å². The zero-order valence-electron chi connectivity index (χ0n) is 22.5. The fraction of sp³-hybridized carbons (Fsp3) is 0.161. The maximum absolute atomic E-state index is 13.6. The first-order valence-corrected chi connectivity index (χ1v) is 12.7. The van der Waals surface area contributed by atoms with Gasteiger partial charge in [-0.05, 0) is 35.7 Å². The molecule has 0 aliphatic carbocycles. The molecule has 0 amide bonds. The highest BCUT2D eigenvalue weighted by atomic mass is 16.5. The highest BCUT2D eigenvalue weighted by Crippen LogP contribution is 2.36. The number of ketones is 1. The van der Waals surface area contributed by atoms with Gasteiger partial charge in [-0.15, -0.1) is 0 Å². The Morgan fingerprint density at radius 1 is 1.05 bits per heavy atom. The Labute approximate surface area is 232 Å². The summed E-state index contributed by atoms with van der Waals surface area (Å²) in [6, 6.07) is 19.8. The third-order valence-corrected chi connectivity index (χ3v) is 6.77. The molecule has 4 aromatic rings. The third kappa shape index (κ3) is 5.35. The predicted molar refractivity (Wildman–Crippen MR) is 156 cm³/mol. The quantitative estimate of drug-likeness (QED) is 0.246. The molecule has 1 aliphatic heterocycles. The van der Waals surface area contributed by atoms with Gasteiger partial charge in [0.2, 0.25) is 5.95 Å². The monoisotopic (exact) mass is 534 g/mol. The number of nitrogen functional groups attached to an aromatic ring is 2. The molecule has 1 atom stereocenters. The Morgan fingerprint density at radius 3 is 2.55 bits per heavy atom. The SMILES string of the molecule is COc1cc(Cc2cnc(N)nc2N)cc(C(=O)/C=C/N2N=Cc3ccccc3C2c2ccc(C)cc2)c1OC. The van der Waals surface area contributed by atoms with Gasteiger partial charge in [0, 0.05) is 36.0 Å². The number of benzene rings is 3. The molecule has 0 saturated heterocycles. The molecule has 0 spiro atoms. The zero-order chi connectivity index (χ0) is 28.2. The van der Waals surface area contributed by atoms with Crippen LogP contribution in [0.3, 0.4) is 0 Å². The van der Waals surface area contributed by atoms with Gasteiger partial charge in [-0.3, -0.25) is 9.80 Å². The van der Waals surface area contributed by atoms with E-state index in [0.717, 1.165) is 22.3 Å². The van der Waals surface area contributed by atoms with E-state index in [1.54, 1.807) is 35.8 Å². The van der Waals surface area contributed by atoms with Crippen LogP contribution in [0, 0.1) is 6.92 Å². The second kappa shape index (κ2) is 11.3. The minimum atomic E-state index is -0.268. The lowest BCUT2D eigenvalue weighted by molar-refractivity contribution is 0.104. The molecule has 0 saturated carbocycles. The molecule has 1 aliphatic rings. The summed E-state index contributed by atoms with van der Waals surface area (Å²) in [4.78, 5) is 21.7. The van der Waals surface area contributed by atoms with Gasteiger partial charge >= 0.3 is 0 Å². The van der Waals surface area contributed by atoms with Crippen molar-refractivity contribution in [1.82, 2.24) is 15.0 Å². The van der Waals surface area contributed by atoms with E-state index >= 15 is 0 Å². The van der Waals surface area contributed by atoms with Crippen LogP contribution in [0.4, 0.5) is 11.8 Å². The lowest BCUT2D eigenvalue weighted by Crippen LogP contribution is -2.25. The van der Waals surface area contributed by atoms with Crippen molar-refractivity contribution in [3.05, 3.63) is 118 Å². The third-order valence-electron chi connectivity index (χ3n) is 6.77. The average molecular weight is 535 g/mol. The number of aromatic nitrogens is 2. The Balaban J connectivity index is 1.49. The van der Waals surface area contributed by atoms with Crippen LogP contribution in [0.1, 0.15) is 49.8 Å². The summed E-state index contributed by atoms with van der Waals surface area (Å²) in [5.74, 6) is 0.872. The van der Waals surface area contributed by atoms with Crippen LogP contribution < -0.4 is 20.9 Å². The lowest BCUT2D eigenvalue weighted by Gasteiger charge is -2.31. The molecule has 4 N–H and O–H groups in total. The summed E-state index contributed by atoms with van der Waals surface area (Å²) in [5.41, 5.74) is 17.8. The summed E-state index contributed by atoms with van der Waals surface area (Å²) in [6.07, 6.45) is 6.95. The maximum atomic E-state index is 13.6. The van der Waals surface area contributed by atoms with Crippen molar-refractivity contribution >= 4 is 23.8 Å². The molecule has 0 bridgehead atoms. The topological polar surface area (TPSA) is 129 Å². The number of hydrazone groups is 1. The number of carbonyl (C=O) groups is 1. The van der Waals surface area contributed by atoms with Gasteiger partial charge < -0.3 is 20.9 Å². The zero-order valence-corrected chi connectivity index (χ0v) is 22.5. The number of rotatable bonds is 8. The van der Waals surface area contributed by atoms with E-state index in [4.69, 9.17) is 20.9 Å². The van der Waals surface area contributed by atoms with E-state index in [0.29, 0.717) is 29.0 Å². The van der Waals surface area contributed by atoms with Crippen molar-refractivity contribution < 1.29 is 14.3 Å². The first-order chi connectivity index (χ1) is 19.4. The van der Waals surface area contributed by atoms with E-state index in [9.17, 15) is 4.79 Å². The van der Waals surface area contributed by atoms with Crippen LogP contribution in [0.5, 0.6) is 11.5 Å². The van der Waals surface area contributed by atoms with Crippen molar-refractivity contribution in [3.63, 3.8) is 0 Å². The average Bonchev–Trinajstić information content (AvgIpc) is 2.97. The second-order valence-electron chi connectivity index (χ2n) is 9.44. The summed E-state index contributed by atoms with van der Waals surface area (Å²) in [6.45, 7) is 2.05. The van der Waals surface area contributed by atoms with Crippen LogP contribution >= 0.6 is 0 Å². The lowest BCUT2D eigenvalue weighted by atomic mass is 9.93. The highest BCUT2D eigenvalue weighted by molar-refractivity contribution is 6.07. The maximum Gasteiger partial charge on any atom is 0.221 e. The number of carbonyl (C=O) groups excluding carboxylic acids is 1. The summed E-state index contributed by atoms with van der Waals surface area (Å²) in [7, 11) is 3.03. The van der Waals surface area contributed by atoms with E-state index in [-0.39, 0.29) is 23.6 Å². The molecule has 5 rings (SSSR count). The van der Waals surface area contributed by atoms with Crippen molar-refractivity contribution in [1.29, 1.82) is 0 Å². The molecule has 9 heteroatoms. The first kappa shape index (κ1) is 26.4. The van der Waals surface area contributed by atoms with Crippen LogP contribution in [-0.2, 0) is 6.42 Å². The van der Waals surface area contributed by atoms with Gasteiger partial charge in [-0.2, -0.15) is 10.1 Å². The second-order valence-corrected chi connectivity index (χ2v) is 9.44. The van der Waals surface area contributed by atoms with Gasteiger partial charge in [0.25, 0.3) is 0 Å². The Kier molecular flexibility index (Phi) is 7.46. The van der Waals surface area contributed by atoms with Gasteiger partial charge in [0.15, 0.2) is 17.3 Å². The molecule has 3 aromatic carbocycles. The van der Waals surface area contributed by atoms with E-state index in [1.807, 2.05) is 18.2 Å². The number of nitrogens with two attached hydrogens (primary N) is 2. The standard InChI is InChI=1S/C31H30N6O3/c1-19-8-10-21(11-9-19)28-24-7-5-4-6-22(24)18-35-37(28)13-12-26(38)25-15-20(16-27(39-2)29(25)40-3)14-23-17-34-31(33)36-30(23)32/h4-13,15-18,28H,14H2,1-3H3,(H4,32,33,34,36)/b13-12+. The highest BCUT2D eigenvalue weighted by Gasteiger charge is 2.26. The summed E-state index contributed by atoms with van der Waals surface area (Å²) in [5, 5.41) is 6.46. The number of nitrogens with zero attached hydrogens (tertiary/aromatic N) is 4. The van der Waals surface area contributed by atoms with Crippen LogP contribution in [0.2, 0.25) is 0 Å².